The fourth-order valence-corrected chi connectivity index (χ4v) is 8.82. The Balaban J connectivity index is 1.19. The van der Waals surface area contributed by atoms with Crippen molar-refractivity contribution < 1.29 is 8.83 Å². The molecule has 0 N–H and O–H groups in total. The Hall–Kier alpha value is -6.58. The minimum atomic E-state index is -0.143. The number of benzene rings is 8. The molecule has 2 heterocycles. The molecule has 52 heavy (non-hydrogen) atoms. The highest BCUT2D eigenvalue weighted by molar-refractivity contribution is 6.16. The van der Waals surface area contributed by atoms with Gasteiger partial charge >= 0.3 is 0 Å². The van der Waals surface area contributed by atoms with Crippen molar-refractivity contribution in [3.63, 3.8) is 0 Å². The maximum absolute atomic E-state index is 6.72. The predicted octanol–water partition coefficient (Wildman–Crippen LogP) is 14.1. The highest BCUT2D eigenvalue weighted by atomic mass is 16.3. The number of furan rings is 2. The summed E-state index contributed by atoms with van der Waals surface area (Å²) in [7, 11) is 0. The average Bonchev–Trinajstić information content (AvgIpc) is 3.83. The smallest absolute Gasteiger partial charge is 0.159 e. The molecule has 0 saturated heterocycles. The molecular weight excluding hydrogens is 635 g/mol. The van der Waals surface area contributed by atoms with E-state index >= 15 is 0 Å². The van der Waals surface area contributed by atoms with Gasteiger partial charge in [0.1, 0.15) is 16.7 Å². The van der Waals surface area contributed by atoms with E-state index in [0.717, 1.165) is 82.8 Å². The SMILES string of the molecule is CC1(C)c2ccccc2-c2ccc(N(c3ccc(-c4cccc5c4oc4ccccc45)c4ccccc34)c3cccc4c3oc3ccccc34)cc21. The minimum absolute atomic E-state index is 0.143. The molecule has 0 fully saturated rings. The van der Waals surface area contributed by atoms with Crippen LogP contribution in [0, 0.1) is 0 Å². The molecule has 1 aliphatic rings. The van der Waals surface area contributed by atoms with Crippen molar-refractivity contribution in [3.05, 3.63) is 175 Å². The Bertz CT molecular complexity index is 3070. The van der Waals surface area contributed by atoms with Crippen LogP contribution in [0.15, 0.2) is 173 Å². The van der Waals surface area contributed by atoms with Crippen molar-refractivity contribution in [2.75, 3.05) is 4.90 Å². The Morgan fingerprint density at radius 2 is 0.942 bits per heavy atom. The summed E-state index contributed by atoms with van der Waals surface area (Å²) in [5, 5.41) is 6.77. The Kier molecular flexibility index (Phi) is 6.01. The highest BCUT2D eigenvalue weighted by Gasteiger charge is 2.36. The fourth-order valence-electron chi connectivity index (χ4n) is 8.82. The summed E-state index contributed by atoms with van der Waals surface area (Å²) in [6.07, 6.45) is 0. The molecule has 1 aliphatic carbocycles. The zero-order chi connectivity index (χ0) is 34.6. The first-order valence-electron chi connectivity index (χ1n) is 17.9. The molecule has 0 unspecified atom stereocenters. The molecule has 0 saturated carbocycles. The van der Waals surface area contributed by atoms with Gasteiger partial charge < -0.3 is 13.7 Å². The van der Waals surface area contributed by atoms with Crippen LogP contribution in [0.1, 0.15) is 25.0 Å². The Labute approximate surface area is 301 Å². The lowest BCUT2D eigenvalue weighted by Crippen LogP contribution is -2.16. The fraction of sp³-hybridized carbons (Fsp3) is 0.0612. The molecule has 8 aromatic carbocycles. The van der Waals surface area contributed by atoms with Crippen molar-refractivity contribution >= 4 is 71.7 Å². The van der Waals surface area contributed by atoms with Crippen LogP contribution >= 0.6 is 0 Å². The first kappa shape index (κ1) is 29.2. The van der Waals surface area contributed by atoms with Crippen molar-refractivity contribution in [3.8, 4) is 22.3 Å². The van der Waals surface area contributed by atoms with E-state index in [-0.39, 0.29) is 5.41 Å². The van der Waals surface area contributed by atoms with Crippen LogP contribution in [-0.2, 0) is 5.41 Å². The van der Waals surface area contributed by atoms with Crippen LogP contribution in [0.3, 0.4) is 0 Å². The number of para-hydroxylation sites is 4. The molecule has 0 aliphatic heterocycles. The molecule has 3 nitrogen and oxygen atoms in total. The number of anilines is 3. The molecule has 11 rings (SSSR count). The van der Waals surface area contributed by atoms with Gasteiger partial charge in [-0.3, -0.25) is 0 Å². The number of rotatable bonds is 4. The largest absolute Gasteiger partial charge is 0.455 e. The van der Waals surface area contributed by atoms with E-state index < -0.39 is 0 Å². The summed E-state index contributed by atoms with van der Waals surface area (Å²) in [5.74, 6) is 0. The summed E-state index contributed by atoms with van der Waals surface area (Å²) in [6.45, 7) is 4.68. The van der Waals surface area contributed by atoms with Crippen LogP contribution in [0.5, 0.6) is 0 Å². The molecule has 10 aromatic rings. The van der Waals surface area contributed by atoms with Gasteiger partial charge in [-0.1, -0.05) is 141 Å². The van der Waals surface area contributed by atoms with Crippen LogP contribution in [-0.4, -0.2) is 0 Å². The van der Waals surface area contributed by atoms with Gasteiger partial charge in [0.15, 0.2) is 5.58 Å². The monoisotopic (exact) mass is 667 g/mol. The van der Waals surface area contributed by atoms with Crippen LogP contribution in [0.2, 0.25) is 0 Å². The standard InChI is InChI=1S/C49H33NO2/c1-49(2)41-21-8-5-14-33(41)34-26-25-30(29-42(34)49)50(44-22-12-20-40-37-17-7-10-24-46(37)52-48(40)44)43-28-27-32(31-13-3-4-15-35(31)43)38-18-11-19-39-36-16-6-9-23-45(36)51-47(38)39/h3-29H,1-2H3. The summed E-state index contributed by atoms with van der Waals surface area (Å²) < 4.78 is 13.3. The summed E-state index contributed by atoms with van der Waals surface area (Å²) in [5.41, 5.74) is 14.1. The van der Waals surface area contributed by atoms with E-state index in [1.807, 2.05) is 18.2 Å². The summed E-state index contributed by atoms with van der Waals surface area (Å²) in [6, 6.07) is 58.7. The molecule has 0 radical (unpaired) electrons. The van der Waals surface area contributed by atoms with Crippen LogP contribution in [0.4, 0.5) is 17.1 Å². The minimum Gasteiger partial charge on any atom is -0.455 e. The van der Waals surface area contributed by atoms with Gasteiger partial charge in [0.05, 0.1) is 11.4 Å². The molecule has 0 spiro atoms. The number of hydrogen-bond donors (Lipinski definition) is 0. The maximum atomic E-state index is 6.72. The van der Waals surface area contributed by atoms with E-state index in [1.165, 1.54) is 22.3 Å². The van der Waals surface area contributed by atoms with Crippen LogP contribution in [0.25, 0.3) is 76.9 Å². The van der Waals surface area contributed by atoms with Gasteiger partial charge in [-0.2, -0.15) is 0 Å². The van der Waals surface area contributed by atoms with Gasteiger partial charge in [-0.05, 0) is 69.6 Å². The van der Waals surface area contributed by atoms with Gasteiger partial charge in [0.2, 0.25) is 0 Å². The van der Waals surface area contributed by atoms with Gasteiger partial charge in [0.25, 0.3) is 0 Å². The first-order chi connectivity index (χ1) is 25.6. The second-order valence-electron chi connectivity index (χ2n) is 14.4. The van der Waals surface area contributed by atoms with Crippen molar-refractivity contribution in [2.45, 2.75) is 19.3 Å². The van der Waals surface area contributed by atoms with Gasteiger partial charge in [0, 0.05) is 43.6 Å². The Morgan fingerprint density at radius 3 is 1.73 bits per heavy atom. The number of fused-ring (bicyclic) bond motifs is 10. The lowest BCUT2D eigenvalue weighted by atomic mass is 9.82. The molecule has 0 amide bonds. The topological polar surface area (TPSA) is 29.5 Å². The van der Waals surface area contributed by atoms with E-state index in [0.29, 0.717) is 0 Å². The normalized spacial score (nSPS) is 13.3. The zero-order valence-electron chi connectivity index (χ0n) is 28.9. The second-order valence-corrected chi connectivity index (χ2v) is 14.4. The molecular formula is C49H33NO2. The lowest BCUT2D eigenvalue weighted by molar-refractivity contribution is 0.660. The lowest BCUT2D eigenvalue weighted by Gasteiger charge is -2.29. The zero-order valence-corrected chi connectivity index (χ0v) is 28.9. The average molecular weight is 668 g/mol. The third-order valence-electron chi connectivity index (χ3n) is 11.3. The molecule has 3 heteroatoms. The van der Waals surface area contributed by atoms with E-state index in [2.05, 4.69) is 164 Å². The Morgan fingerprint density at radius 1 is 0.385 bits per heavy atom. The quantitative estimate of drug-likeness (QED) is 0.187. The number of hydrogen-bond acceptors (Lipinski definition) is 3. The van der Waals surface area contributed by atoms with Gasteiger partial charge in [-0.15, -0.1) is 0 Å². The van der Waals surface area contributed by atoms with Crippen molar-refractivity contribution in [2.24, 2.45) is 0 Å². The van der Waals surface area contributed by atoms with E-state index in [4.69, 9.17) is 8.83 Å². The van der Waals surface area contributed by atoms with Crippen molar-refractivity contribution in [1.82, 2.24) is 0 Å². The third-order valence-corrected chi connectivity index (χ3v) is 11.3. The van der Waals surface area contributed by atoms with E-state index in [1.54, 1.807) is 0 Å². The number of nitrogens with zero attached hydrogens (tertiary/aromatic N) is 1. The molecule has 0 bridgehead atoms. The van der Waals surface area contributed by atoms with Crippen molar-refractivity contribution in [1.29, 1.82) is 0 Å². The van der Waals surface area contributed by atoms with Crippen LogP contribution < -0.4 is 4.90 Å². The molecule has 2 aromatic heterocycles. The first-order valence-corrected chi connectivity index (χ1v) is 17.9. The van der Waals surface area contributed by atoms with Gasteiger partial charge in [-0.25, -0.2) is 0 Å². The van der Waals surface area contributed by atoms with E-state index in [9.17, 15) is 0 Å². The highest BCUT2D eigenvalue weighted by Crippen LogP contribution is 2.52. The third kappa shape index (κ3) is 4.02. The molecule has 246 valence electrons. The predicted molar refractivity (Wildman–Crippen MR) is 216 cm³/mol. The maximum Gasteiger partial charge on any atom is 0.159 e. The second kappa shape index (κ2) is 10.7. The molecule has 0 atom stereocenters. The summed E-state index contributed by atoms with van der Waals surface area (Å²) in [4.78, 5) is 2.40. The summed E-state index contributed by atoms with van der Waals surface area (Å²) >= 11 is 0.